The van der Waals surface area contributed by atoms with Crippen molar-refractivity contribution in [2.45, 2.75) is 51.7 Å². The summed E-state index contributed by atoms with van der Waals surface area (Å²) >= 11 is 1.63. The van der Waals surface area contributed by atoms with Crippen LogP contribution in [-0.4, -0.2) is 27.0 Å². The minimum absolute atomic E-state index is 0.604. The Morgan fingerprint density at radius 2 is 2.05 bits per heavy atom. The first-order valence-corrected chi connectivity index (χ1v) is 7.78. The summed E-state index contributed by atoms with van der Waals surface area (Å²) < 4.78 is 0. The third-order valence-electron chi connectivity index (χ3n) is 4.10. The molecule has 0 aromatic carbocycles. The minimum atomic E-state index is 0.604. The monoisotopic (exact) mass is 276 g/mol. The number of nitrogens with two attached hydrogens (primary N) is 1. The Labute approximate surface area is 117 Å². The first-order valence-electron chi connectivity index (χ1n) is 6.90. The lowest BCUT2D eigenvalue weighted by molar-refractivity contribution is 0.0924. The summed E-state index contributed by atoms with van der Waals surface area (Å²) in [4.78, 5) is 12.6. The molecular formula is C14H20N4S. The van der Waals surface area contributed by atoms with Gasteiger partial charge in [0.15, 0.2) is 0 Å². The Morgan fingerprint density at radius 1 is 1.32 bits per heavy atom. The summed E-state index contributed by atoms with van der Waals surface area (Å²) in [6.07, 6.45) is 3.86. The van der Waals surface area contributed by atoms with E-state index >= 15 is 0 Å². The molecule has 1 aliphatic rings. The summed E-state index contributed by atoms with van der Waals surface area (Å²) in [6.45, 7) is 5.39. The Morgan fingerprint density at radius 3 is 2.79 bits per heavy atom. The third kappa shape index (κ3) is 2.44. The van der Waals surface area contributed by atoms with E-state index in [-0.39, 0.29) is 0 Å². The second-order valence-corrected chi connectivity index (χ2v) is 6.36. The van der Waals surface area contributed by atoms with Gasteiger partial charge < -0.3 is 5.73 Å². The number of fused-ring (bicyclic) bond motifs is 1. The van der Waals surface area contributed by atoms with Gasteiger partial charge in [0, 0.05) is 12.1 Å². The van der Waals surface area contributed by atoms with Crippen molar-refractivity contribution in [2.75, 3.05) is 5.73 Å². The summed E-state index contributed by atoms with van der Waals surface area (Å²) in [6, 6.07) is 3.20. The molecule has 102 valence electrons. The van der Waals surface area contributed by atoms with Crippen molar-refractivity contribution in [1.29, 1.82) is 0 Å². The zero-order chi connectivity index (χ0) is 13.4. The zero-order valence-electron chi connectivity index (χ0n) is 11.5. The number of anilines is 1. The lowest BCUT2D eigenvalue weighted by Gasteiger charge is -2.38. The largest absolute Gasteiger partial charge is 0.383 e. The highest BCUT2D eigenvalue weighted by Gasteiger charge is 2.25. The molecule has 1 saturated heterocycles. The molecule has 0 spiro atoms. The molecule has 3 heterocycles. The fraction of sp³-hybridized carbons (Fsp3) is 0.571. The van der Waals surface area contributed by atoms with Gasteiger partial charge in [-0.15, -0.1) is 11.3 Å². The lowest BCUT2D eigenvalue weighted by Crippen LogP contribution is -2.43. The van der Waals surface area contributed by atoms with Gasteiger partial charge in [0.1, 0.15) is 16.5 Å². The van der Waals surface area contributed by atoms with Crippen molar-refractivity contribution in [3.05, 3.63) is 17.3 Å². The van der Waals surface area contributed by atoms with Crippen LogP contribution in [-0.2, 0) is 6.54 Å². The predicted octanol–water partition coefficient (Wildman–Crippen LogP) is 3.04. The van der Waals surface area contributed by atoms with Crippen LogP contribution in [0, 0.1) is 0 Å². The molecule has 0 unspecified atom stereocenters. The fourth-order valence-corrected chi connectivity index (χ4v) is 3.74. The summed E-state index contributed by atoms with van der Waals surface area (Å²) in [5.41, 5.74) is 6.01. The van der Waals surface area contributed by atoms with E-state index in [1.807, 2.05) is 11.4 Å². The molecule has 2 aromatic rings. The van der Waals surface area contributed by atoms with Gasteiger partial charge in [0.25, 0.3) is 0 Å². The number of rotatable bonds is 2. The summed E-state index contributed by atoms with van der Waals surface area (Å²) in [7, 11) is 0. The topological polar surface area (TPSA) is 55.0 Å². The van der Waals surface area contributed by atoms with Crippen LogP contribution in [0.2, 0.25) is 0 Å². The van der Waals surface area contributed by atoms with E-state index in [0.29, 0.717) is 17.9 Å². The van der Waals surface area contributed by atoms with E-state index in [4.69, 9.17) is 5.73 Å². The molecule has 0 bridgehead atoms. The molecule has 3 rings (SSSR count). The lowest BCUT2D eigenvalue weighted by atomic mass is 9.97. The van der Waals surface area contributed by atoms with Crippen molar-refractivity contribution in [3.63, 3.8) is 0 Å². The summed E-state index contributed by atoms with van der Waals surface area (Å²) in [5, 5.41) is 3.00. The number of nitrogen functional groups attached to an aromatic ring is 1. The Balaban J connectivity index is 1.87. The first kappa shape index (κ1) is 12.8. The van der Waals surface area contributed by atoms with E-state index < -0.39 is 0 Å². The molecule has 19 heavy (non-hydrogen) atoms. The van der Waals surface area contributed by atoms with Gasteiger partial charge in [-0.1, -0.05) is 6.42 Å². The maximum atomic E-state index is 6.01. The van der Waals surface area contributed by atoms with Crippen LogP contribution in [0.5, 0.6) is 0 Å². The standard InChI is InChI=1S/C14H20N4S/c1-9-4-3-5-10(2)18(9)8-12-16-13(15)11-6-7-19-14(11)17-12/h6-7,9-10H,3-5,8H2,1-2H3,(H2,15,16,17)/t9-,10+. The van der Waals surface area contributed by atoms with Crippen LogP contribution in [0.4, 0.5) is 5.82 Å². The highest BCUT2D eigenvalue weighted by atomic mass is 32.1. The van der Waals surface area contributed by atoms with Crippen molar-refractivity contribution in [3.8, 4) is 0 Å². The van der Waals surface area contributed by atoms with E-state index in [9.17, 15) is 0 Å². The number of hydrogen-bond acceptors (Lipinski definition) is 5. The normalized spacial score (nSPS) is 24.9. The van der Waals surface area contributed by atoms with Crippen LogP contribution in [0.25, 0.3) is 10.2 Å². The van der Waals surface area contributed by atoms with Gasteiger partial charge >= 0.3 is 0 Å². The number of thiophene rings is 1. The van der Waals surface area contributed by atoms with Gasteiger partial charge in [-0.25, -0.2) is 9.97 Å². The van der Waals surface area contributed by atoms with Crippen molar-refractivity contribution < 1.29 is 0 Å². The quantitative estimate of drug-likeness (QED) is 0.916. The molecule has 2 aromatic heterocycles. The van der Waals surface area contributed by atoms with Crippen LogP contribution < -0.4 is 5.73 Å². The molecule has 5 heteroatoms. The molecule has 0 radical (unpaired) electrons. The molecular weight excluding hydrogens is 256 g/mol. The Hall–Kier alpha value is -1.20. The number of nitrogens with zero attached hydrogens (tertiary/aromatic N) is 3. The third-order valence-corrected chi connectivity index (χ3v) is 4.91. The Kier molecular flexibility index (Phi) is 3.41. The maximum absolute atomic E-state index is 6.01. The highest BCUT2D eigenvalue weighted by molar-refractivity contribution is 7.16. The molecule has 1 fully saturated rings. The average molecular weight is 276 g/mol. The highest BCUT2D eigenvalue weighted by Crippen LogP contribution is 2.26. The van der Waals surface area contributed by atoms with Gasteiger partial charge in [-0.3, -0.25) is 4.90 Å². The van der Waals surface area contributed by atoms with E-state index in [1.165, 1.54) is 19.3 Å². The fourth-order valence-electron chi connectivity index (χ4n) is 2.94. The molecule has 4 nitrogen and oxygen atoms in total. The number of likely N-dealkylation sites (tertiary alicyclic amines) is 1. The van der Waals surface area contributed by atoms with E-state index in [0.717, 1.165) is 22.6 Å². The number of aromatic nitrogens is 2. The molecule has 1 aliphatic heterocycles. The van der Waals surface area contributed by atoms with E-state index in [1.54, 1.807) is 11.3 Å². The smallest absolute Gasteiger partial charge is 0.146 e. The average Bonchev–Trinajstić information content (AvgIpc) is 2.83. The zero-order valence-corrected chi connectivity index (χ0v) is 12.3. The molecule has 0 saturated carbocycles. The van der Waals surface area contributed by atoms with Gasteiger partial charge in [-0.2, -0.15) is 0 Å². The first-order chi connectivity index (χ1) is 9.15. The molecule has 2 N–H and O–H groups in total. The van der Waals surface area contributed by atoms with Crippen LogP contribution in [0.3, 0.4) is 0 Å². The molecule has 0 amide bonds. The van der Waals surface area contributed by atoms with Gasteiger partial charge in [-0.05, 0) is 38.1 Å². The van der Waals surface area contributed by atoms with Crippen molar-refractivity contribution in [1.82, 2.24) is 14.9 Å². The second kappa shape index (κ2) is 5.06. The Bertz CT molecular complexity index is 570. The van der Waals surface area contributed by atoms with Crippen LogP contribution >= 0.6 is 11.3 Å². The van der Waals surface area contributed by atoms with Gasteiger partial charge in [0.05, 0.1) is 11.9 Å². The van der Waals surface area contributed by atoms with Crippen molar-refractivity contribution >= 4 is 27.4 Å². The molecule has 0 aliphatic carbocycles. The summed E-state index contributed by atoms with van der Waals surface area (Å²) in [5.74, 6) is 1.46. The number of piperidine rings is 1. The SMILES string of the molecule is C[C@@H]1CCC[C@H](C)N1Cc1nc(N)c2ccsc2n1. The number of hydrogen-bond donors (Lipinski definition) is 1. The van der Waals surface area contributed by atoms with Crippen LogP contribution in [0.15, 0.2) is 11.4 Å². The molecule has 2 atom stereocenters. The maximum Gasteiger partial charge on any atom is 0.146 e. The van der Waals surface area contributed by atoms with Crippen LogP contribution in [0.1, 0.15) is 38.9 Å². The predicted molar refractivity (Wildman–Crippen MR) is 80.1 cm³/mol. The van der Waals surface area contributed by atoms with Crippen molar-refractivity contribution in [2.24, 2.45) is 0 Å². The minimum Gasteiger partial charge on any atom is -0.383 e. The van der Waals surface area contributed by atoms with Gasteiger partial charge in [0.2, 0.25) is 0 Å². The van der Waals surface area contributed by atoms with E-state index in [2.05, 4.69) is 28.7 Å². The second-order valence-electron chi connectivity index (χ2n) is 5.47.